The summed E-state index contributed by atoms with van der Waals surface area (Å²) in [5, 5.41) is 0. The molecule has 29 heavy (non-hydrogen) atoms. The van der Waals surface area contributed by atoms with Crippen molar-refractivity contribution in [1.29, 1.82) is 0 Å². The first-order valence-electron chi connectivity index (χ1n) is 9.54. The van der Waals surface area contributed by atoms with Crippen molar-refractivity contribution >= 4 is 20.0 Å². The lowest BCUT2D eigenvalue weighted by Crippen LogP contribution is -2.45. The smallest absolute Gasteiger partial charge is 0.211 e. The molecule has 0 bridgehead atoms. The van der Waals surface area contributed by atoms with Crippen LogP contribution in [0.4, 0.5) is 4.39 Å². The Morgan fingerprint density at radius 1 is 1.03 bits per heavy atom. The first kappa shape index (κ1) is 21.9. The number of aryl methyl sites for hydroxylation is 1. The SMILES string of the molecule is Cc1ccc(S(=O)(=O)N2CCCCC2CCNS(=O)(=O)c2ccccc2F)cc1. The van der Waals surface area contributed by atoms with Gasteiger partial charge in [-0.2, -0.15) is 4.31 Å². The fourth-order valence-electron chi connectivity index (χ4n) is 3.52. The molecule has 0 radical (unpaired) electrons. The van der Waals surface area contributed by atoms with Gasteiger partial charge in [0.1, 0.15) is 10.7 Å². The largest absolute Gasteiger partial charge is 0.243 e. The van der Waals surface area contributed by atoms with E-state index in [-0.39, 0.29) is 17.5 Å². The Bertz CT molecular complexity index is 1050. The first-order valence-corrected chi connectivity index (χ1v) is 12.5. The van der Waals surface area contributed by atoms with E-state index in [4.69, 9.17) is 0 Å². The molecule has 1 atom stereocenters. The molecule has 1 heterocycles. The van der Waals surface area contributed by atoms with Crippen LogP contribution in [0.3, 0.4) is 0 Å². The molecule has 3 rings (SSSR count). The van der Waals surface area contributed by atoms with E-state index in [1.807, 2.05) is 6.92 Å². The van der Waals surface area contributed by atoms with Crippen LogP contribution in [0.1, 0.15) is 31.2 Å². The Labute approximate surface area is 171 Å². The second-order valence-corrected chi connectivity index (χ2v) is 10.8. The maximum Gasteiger partial charge on any atom is 0.243 e. The molecule has 0 amide bonds. The van der Waals surface area contributed by atoms with Gasteiger partial charge < -0.3 is 0 Å². The summed E-state index contributed by atoms with van der Waals surface area (Å²) in [7, 11) is -7.65. The predicted molar refractivity (Wildman–Crippen MR) is 109 cm³/mol. The molecule has 1 aliphatic heterocycles. The van der Waals surface area contributed by atoms with Crippen LogP contribution in [-0.2, 0) is 20.0 Å². The highest BCUT2D eigenvalue weighted by atomic mass is 32.2. The molecule has 0 spiro atoms. The zero-order chi connectivity index (χ0) is 21.1. The Kier molecular flexibility index (Phi) is 6.72. The number of nitrogens with zero attached hydrogens (tertiary/aromatic N) is 1. The van der Waals surface area contributed by atoms with Gasteiger partial charge in [0.25, 0.3) is 0 Å². The Morgan fingerprint density at radius 2 is 1.72 bits per heavy atom. The van der Waals surface area contributed by atoms with Crippen LogP contribution in [0.5, 0.6) is 0 Å². The molecular formula is C20H25FN2O4S2. The highest BCUT2D eigenvalue weighted by Gasteiger charge is 2.33. The summed E-state index contributed by atoms with van der Waals surface area (Å²) in [4.78, 5) is -0.172. The third-order valence-corrected chi connectivity index (χ3v) is 8.56. The molecule has 6 nitrogen and oxygen atoms in total. The molecule has 0 aliphatic carbocycles. The van der Waals surface area contributed by atoms with Gasteiger partial charge in [-0.25, -0.2) is 25.9 Å². The normalized spacial score (nSPS) is 18.6. The van der Waals surface area contributed by atoms with E-state index in [0.717, 1.165) is 24.5 Å². The second-order valence-electron chi connectivity index (χ2n) is 7.20. The maximum atomic E-state index is 13.8. The summed E-state index contributed by atoms with van der Waals surface area (Å²) in [5.41, 5.74) is 0.974. The standard InChI is InChI=1S/C20H25FN2O4S2/c1-16-9-11-18(12-10-16)29(26,27)23-15-5-4-6-17(23)13-14-22-28(24,25)20-8-3-2-7-19(20)21/h2-3,7-12,17,22H,4-6,13-15H2,1H3. The Morgan fingerprint density at radius 3 is 2.41 bits per heavy atom. The maximum absolute atomic E-state index is 13.8. The number of rotatable bonds is 7. The predicted octanol–water partition coefficient (Wildman–Crippen LogP) is 3.05. The molecule has 1 saturated heterocycles. The van der Waals surface area contributed by atoms with E-state index >= 15 is 0 Å². The second kappa shape index (κ2) is 8.91. The average molecular weight is 441 g/mol. The molecule has 0 aromatic heterocycles. The Hall–Kier alpha value is -1.81. The van der Waals surface area contributed by atoms with Crippen LogP contribution < -0.4 is 4.72 Å². The summed E-state index contributed by atoms with van der Waals surface area (Å²) in [6.07, 6.45) is 2.62. The monoisotopic (exact) mass is 440 g/mol. The van der Waals surface area contributed by atoms with E-state index in [1.54, 1.807) is 24.3 Å². The van der Waals surface area contributed by atoms with Crippen molar-refractivity contribution < 1.29 is 21.2 Å². The van der Waals surface area contributed by atoms with Crippen LogP contribution in [-0.4, -0.2) is 40.3 Å². The molecule has 1 unspecified atom stereocenters. The minimum absolute atomic E-state index is 0.0290. The summed E-state index contributed by atoms with van der Waals surface area (Å²) in [5.74, 6) is -0.818. The topological polar surface area (TPSA) is 83.6 Å². The van der Waals surface area contributed by atoms with Crippen LogP contribution >= 0.6 is 0 Å². The zero-order valence-corrected chi connectivity index (χ0v) is 17.8. The quantitative estimate of drug-likeness (QED) is 0.717. The third-order valence-electron chi connectivity index (χ3n) is 5.10. The van der Waals surface area contributed by atoms with Crippen molar-refractivity contribution in [3.8, 4) is 0 Å². The van der Waals surface area contributed by atoms with Crippen molar-refractivity contribution in [1.82, 2.24) is 9.03 Å². The van der Waals surface area contributed by atoms with Gasteiger partial charge in [-0.15, -0.1) is 0 Å². The van der Waals surface area contributed by atoms with Gasteiger partial charge in [0, 0.05) is 19.1 Å². The van der Waals surface area contributed by atoms with Crippen LogP contribution in [0, 0.1) is 12.7 Å². The molecular weight excluding hydrogens is 415 g/mol. The van der Waals surface area contributed by atoms with Gasteiger partial charge in [0.05, 0.1) is 4.90 Å². The number of hydrogen-bond acceptors (Lipinski definition) is 4. The number of hydrogen-bond donors (Lipinski definition) is 1. The molecule has 0 saturated carbocycles. The summed E-state index contributed by atoms with van der Waals surface area (Å²) in [6, 6.07) is 11.6. The average Bonchev–Trinajstić information content (AvgIpc) is 2.69. The summed E-state index contributed by atoms with van der Waals surface area (Å²) in [6.45, 7) is 2.32. The molecule has 1 fully saturated rings. The van der Waals surface area contributed by atoms with Crippen molar-refractivity contribution in [2.75, 3.05) is 13.1 Å². The summed E-state index contributed by atoms with van der Waals surface area (Å²) >= 11 is 0. The van der Waals surface area contributed by atoms with Crippen molar-refractivity contribution in [2.45, 2.75) is 48.4 Å². The Balaban J connectivity index is 1.71. The van der Waals surface area contributed by atoms with Crippen LogP contribution in [0.25, 0.3) is 0 Å². The first-order chi connectivity index (χ1) is 13.7. The number of benzene rings is 2. The molecule has 1 N–H and O–H groups in total. The molecule has 2 aromatic carbocycles. The lowest BCUT2D eigenvalue weighted by molar-refractivity contribution is 0.242. The van der Waals surface area contributed by atoms with Crippen LogP contribution in [0.15, 0.2) is 58.3 Å². The minimum atomic E-state index is -3.99. The van der Waals surface area contributed by atoms with Gasteiger partial charge in [-0.1, -0.05) is 36.2 Å². The van der Waals surface area contributed by atoms with E-state index in [2.05, 4.69) is 4.72 Å². The van der Waals surface area contributed by atoms with Crippen molar-refractivity contribution in [3.63, 3.8) is 0 Å². The number of piperidine rings is 1. The highest BCUT2D eigenvalue weighted by molar-refractivity contribution is 7.89. The van der Waals surface area contributed by atoms with Crippen molar-refractivity contribution in [2.24, 2.45) is 0 Å². The molecule has 158 valence electrons. The molecule has 2 aromatic rings. The number of sulfonamides is 2. The third kappa shape index (κ3) is 5.03. The minimum Gasteiger partial charge on any atom is -0.211 e. The van der Waals surface area contributed by atoms with Gasteiger partial charge in [-0.05, 0) is 50.5 Å². The molecule has 9 heteroatoms. The van der Waals surface area contributed by atoms with Gasteiger partial charge >= 0.3 is 0 Å². The van der Waals surface area contributed by atoms with E-state index in [1.165, 1.54) is 22.5 Å². The number of nitrogens with one attached hydrogen (secondary N) is 1. The summed E-state index contributed by atoms with van der Waals surface area (Å²) < 4.78 is 68.5. The lowest BCUT2D eigenvalue weighted by Gasteiger charge is -2.34. The van der Waals surface area contributed by atoms with Gasteiger partial charge in [-0.3, -0.25) is 0 Å². The fraction of sp³-hybridized carbons (Fsp3) is 0.400. The highest BCUT2D eigenvalue weighted by Crippen LogP contribution is 2.27. The number of halogens is 1. The molecule has 1 aliphatic rings. The fourth-order valence-corrected chi connectivity index (χ4v) is 6.37. The van der Waals surface area contributed by atoms with Gasteiger partial charge in [0.15, 0.2) is 0 Å². The van der Waals surface area contributed by atoms with Gasteiger partial charge in [0.2, 0.25) is 20.0 Å². The van der Waals surface area contributed by atoms with E-state index in [0.29, 0.717) is 19.4 Å². The zero-order valence-electron chi connectivity index (χ0n) is 16.2. The van der Waals surface area contributed by atoms with Crippen LogP contribution in [0.2, 0.25) is 0 Å². The van der Waals surface area contributed by atoms with E-state index < -0.39 is 30.8 Å². The van der Waals surface area contributed by atoms with E-state index in [9.17, 15) is 21.2 Å². The van der Waals surface area contributed by atoms with Crippen molar-refractivity contribution in [3.05, 3.63) is 59.9 Å². The lowest BCUT2D eigenvalue weighted by atomic mass is 10.0.